The van der Waals surface area contributed by atoms with Gasteiger partial charge in [-0.15, -0.1) is 0 Å². The van der Waals surface area contributed by atoms with Gasteiger partial charge in [-0.3, -0.25) is 14.3 Å². The van der Waals surface area contributed by atoms with Crippen LogP contribution in [0.3, 0.4) is 0 Å². The smallest absolute Gasteiger partial charge is 0.257 e. The zero-order valence-electron chi connectivity index (χ0n) is 20.3. The van der Waals surface area contributed by atoms with Crippen LogP contribution in [0.5, 0.6) is 0 Å². The molecule has 6 rings (SSSR count). The lowest BCUT2D eigenvalue weighted by molar-refractivity contribution is 0.0533. The first kappa shape index (κ1) is 24.1. The number of rotatable bonds is 5. The van der Waals surface area contributed by atoms with Gasteiger partial charge in [-0.05, 0) is 29.3 Å². The lowest BCUT2D eigenvalue weighted by Crippen LogP contribution is -2.38. The SMILES string of the molecule is O=C(c1cnn(Cc2ccc(Cn3ccccc3=O)cc2)c1)N1CC[C@]2(C1)OC=Nc1ccc(Cl)c(F)c12. The van der Waals surface area contributed by atoms with Crippen molar-refractivity contribution in [3.63, 3.8) is 0 Å². The van der Waals surface area contributed by atoms with E-state index in [1.54, 1.807) is 38.7 Å². The molecule has 10 heteroatoms. The molecule has 2 aliphatic heterocycles. The molecule has 1 spiro atoms. The molecular formula is C28H23ClFN5O3. The average molecular weight is 532 g/mol. The molecule has 4 heterocycles. The Bertz CT molecular complexity index is 1610. The lowest BCUT2D eigenvalue weighted by atomic mass is 9.90. The molecule has 1 amide bonds. The number of amides is 1. The summed E-state index contributed by atoms with van der Waals surface area (Å²) in [5.74, 6) is -0.767. The zero-order chi connectivity index (χ0) is 26.3. The summed E-state index contributed by atoms with van der Waals surface area (Å²) in [6.45, 7) is 1.56. The number of aromatic nitrogens is 3. The van der Waals surface area contributed by atoms with Crippen molar-refractivity contribution in [3.05, 3.63) is 117 Å². The summed E-state index contributed by atoms with van der Waals surface area (Å²) in [5, 5.41) is 4.36. The molecule has 8 nitrogen and oxygen atoms in total. The predicted octanol–water partition coefficient (Wildman–Crippen LogP) is 4.37. The van der Waals surface area contributed by atoms with Crippen molar-refractivity contribution in [3.8, 4) is 0 Å². The largest absolute Gasteiger partial charge is 0.470 e. The van der Waals surface area contributed by atoms with Crippen LogP contribution in [-0.2, 0) is 23.4 Å². The van der Waals surface area contributed by atoms with E-state index in [-0.39, 0.29) is 23.0 Å². The standard InChI is InChI=1S/C28H23ClFN5O3/c29-22-8-9-23-25(26(22)30)28(38-18-31-23)10-12-34(17-28)27(37)21-13-32-35(16-21)15-20-6-4-19(5-7-20)14-33-11-2-1-3-24(33)36/h1-9,11,13,16,18H,10,12,14-15,17H2/t28-/m1/s1. The maximum Gasteiger partial charge on any atom is 0.257 e. The highest BCUT2D eigenvalue weighted by atomic mass is 35.5. The van der Waals surface area contributed by atoms with Crippen LogP contribution < -0.4 is 5.56 Å². The van der Waals surface area contributed by atoms with Gasteiger partial charge in [0, 0.05) is 31.4 Å². The molecule has 0 radical (unpaired) electrons. The van der Waals surface area contributed by atoms with Crippen LogP contribution in [0.4, 0.5) is 10.1 Å². The third-order valence-electron chi connectivity index (χ3n) is 7.02. The Labute approximate surface area is 222 Å². The van der Waals surface area contributed by atoms with Crippen molar-refractivity contribution in [2.45, 2.75) is 25.1 Å². The van der Waals surface area contributed by atoms with Crippen LogP contribution in [-0.4, -0.2) is 44.6 Å². The Morgan fingerprint density at radius 2 is 1.87 bits per heavy atom. The number of likely N-dealkylation sites (tertiary alicyclic amines) is 1. The fourth-order valence-electron chi connectivity index (χ4n) is 5.05. The third kappa shape index (κ3) is 4.39. The summed E-state index contributed by atoms with van der Waals surface area (Å²) in [7, 11) is 0. The second-order valence-electron chi connectivity index (χ2n) is 9.49. The van der Waals surface area contributed by atoms with Gasteiger partial charge in [-0.25, -0.2) is 9.38 Å². The Morgan fingerprint density at radius 1 is 1.08 bits per heavy atom. The minimum Gasteiger partial charge on any atom is -0.470 e. The molecule has 4 aromatic rings. The van der Waals surface area contributed by atoms with Crippen LogP contribution in [0, 0.1) is 5.82 Å². The van der Waals surface area contributed by atoms with Gasteiger partial charge in [0.15, 0.2) is 17.8 Å². The number of fused-ring (bicyclic) bond motifs is 2. The number of hydrogen-bond donors (Lipinski definition) is 0. The minimum absolute atomic E-state index is 0.00288. The van der Waals surface area contributed by atoms with E-state index in [0.717, 1.165) is 11.1 Å². The summed E-state index contributed by atoms with van der Waals surface area (Å²) in [5.41, 5.74) is 2.14. The number of carbonyl (C=O) groups excluding carboxylic acids is 1. The highest BCUT2D eigenvalue weighted by Crippen LogP contribution is 2.45. The van der Waals surface area contributed by atoms with Crippen molar-refractivity contribution in [1.82, 2.24) is 19.2 Å². The highest BCUT2D eigenvalue weighted by Gasteiger charge is 2.48. The zero-order valence-corrected chi connectivity index (χ0v) is 21.0. The molecule has 0 N–H and O–H groups in total. The van der Waals surface area contributed by atoms with E-state index in [4.69, 9.17) is 16.3 Å². The molecule has 2 aliphatic rings. The minimum atomic E-state index is -1.02. The van der Waals surface area contributed by atoms with E-state index in [1.165, 1.54) is 24.7 Å². The lowest BCUT2D eigenvalue weighted by Gasteiger charge is -2.32. The third-order valence-corrected chi connectivity index (χ3v) is 7.31. The van der Waals surface area contributed by atoms with Gasteiger partial charge in [-0.2, -0.15) is 5.10 Å². The monoisotopic (exact) mass is 531 g/mol. The molecule has 0 bridgehead atoms. The summed E-state index contributed by atoms with van der Waals surface area (Å²) in [4.78, 5) is 31.0. The Kier molecular flexibility index (Phi) is 6.07. The molecule has 1 fully saturated rings. The van der Waals surface area contributed by atoms with Gasteiger partial charge in [0.05, 0.1) is 47.7 Å². The van der Waals surface area contributed by atoms with Gasteiger partial charge in [0.25, 0.3) is 11.5 Å². The van der Waals surface area contributed by atoms with E-state index in [2.05, 4.69) is 10.1 Å². The predicted molar refractivity (Wildman–Crippen MR) is 140 cm³/mol. The first-order chi connectivity index (χ1) is 18.4. The Balaban J connectivity index is 1.13. The van der Waals surface area contributed by atoms with Crippen LogP contribution >= 0.6 is 11.6 Å². The maximum atomic E-state index is 15.0. The van der Waals surface area contributed by atoms with Crippen molar-refractivity contribution < 1.29 is 13.9 Å². The van der Waals surface area contributed by atoms with Crippen LogP contribution in [0.2, 0.25) is 5.02 Å². The van der Waals surface area contributed by atoms with Crippen molar-refractivity contribution in [2.75, 3.05) is 13.1 Å². The van der Waals surface area contributed by atoms with Crippen LogP contribution in [0.15, 0.2) is 83.0 Å². The van der Waals surface area contributed by atoms with Gasteiger partial charge < -0.3 is 14.2 Å². The number of hydrogen-bond acceptors (Lipinski definition) is 5. The molecule has 0 unspecified atom stereocenters. The summed E-state index contributed by atoms with van der Waals surface area (Å²) >= 11 is 6.03. The highest BCUT2D eigenvalue weighted by molar-refractivity contribution is 6.30. The number of halogens is 2. The number of aliphatic imine (C=N–C) groups is 1. The number of pyridine rings is 1. The van der Waals surface area contributed by atoms with Gasteiger partial charge in [-0.1, -0.05) is 41.9 Å². The molecule has 0 aliphatic carbocycles. The first-order valence-electron chi connectivity index (χ1n) is 12.2. The number of carbonyl (C=O) groups is 1. The second-order valence-corrected chi connectivity index (χ2v) is 9.90. The molecular weight excluding hydrogens is 509 g/mol. The maximum absolute atomic E-state index is 15.0. The fraction of sp³-hybridized carbons (Fsp3) is 0.214. The van der Waals surface area contributed by atoms with Gasteiger partial charge in [0.2, 0.25) is 0 Å². The van der Waals surface area contributed by atoms with Gasteiger partial charge in [0.1, 0.15) is 0 Å². The van der Waals surface area contributed by atoms with Crippen molar-refractivity contribution in [1.29, 1.82) is 0 Å². The molecule has 0 saturated carbocycles. The van der Waals surface area contributed by atoms with Crippen LogP contribution in [0.1, 0.15) is 33.5 Å². The summed E-state index contributed by atoms with van der Waals surface area (Å²) in [6, 6.07) is 16.1. The second kappa shape index (κ2) is 9.57. The average Bonchev–Trinajstić information content (AvgIpc) is 3.56. The number of ether oxygens (including phenoxy) is 1. The normalized spacial score (nSPS) is 18.0. The summed E-state index contributed by atoms with van der Waals surface area (Å²) < 4.78 is 24.1. The number of nitrogens with zero attached hydrogens (tertiary/aromatic N) is 5. The first-order valence-corrected chi connectivity index (χ1v) is 12.5. The molecule has 38 heavy (non-hydrogen) atoms. The van der Waals surface area contributed by atoms with Crippen LogP contribution in [0.25, 0.3) is 0 Å². The van der Waals surface area contributed by atoms with E-state index in [0.29, 0.717) is 42.9 Å². The van der Waals surface area contributed by atoms with E-state index in [1.807, 2.05) is 30.3 Å². The van der Waals surface area contributed by atoms with E-state index in [9.17, 15) is 14.0 Å². The molecule has 1 atom stereocenters. The Hall–Kier alpha value is -4.24. The van der Waals surface area contributed by atoms with Crippen molar-refractivity contribution in [2.24, 2.45) is 4.99 Å². The van der Waals surface area contributed by atoms with E-state index >= 15 is 0 Å². The molecule has 192 valence electrons. The van der Waals surface area contributed by atoms with E-state index < -0.39 is 11.4 Å². The molecule has 1 saturated heterocycles. The topological polar surface area (TPSA) is 81.7 Å². The van der Waals surface area contributed by atoms with Crippen molar-refractivity contribution >= 4 is 29.6 Å². The molecule has 2 aromatic carbocycles. The Morgan fingerprint density at radius 3 is 2.66 bits per heavy atom. The fourth-order valence-corrected chi connectivity index (χ4v) is 5.21. The summed E-state index contributed by atoms with van der Waals surface area (Å²) in [6.07, 6.45) is 6.74. The van der Waals surface area contributed by atoms with Gasteiger partial charge >= 0.3 is 0 Å². The number of benzene rings is 2. The molecule has 2 aromatic heterocycles. The quantitative estimate of drug-likeness (QED) is 0.383.